The molecule has 4 saturated carbocycles. The molecule has 2 aromatic heterocycles. The van der Waals surface area contributed by atoms with Crippen molar-refractivity contribution in [3.8, 4) is 5.75 Å². The van der Waals surface area contributed by atoms with Crippen molar-refractivity contribution >= 4 is 29.5 Å². The Morgan fingerprint density at radius 2 is 1.68 bits per heavy atom. The lowest BCUT2D eigenvalue weighted by Crippen LogP contribution is -2.70. The number of nitrogens with zero attached hydrogens (tertiary/aromatic N) is 6. The van der Waals surface area contributed by atoms with Crippen LogP contribution in [0.2, 0.25) is 0 Å². The second-order valence-corrected chi connectivity index (χ2v) is 16.1. The summed E-state index contributed by atoms with van der Waals surface area (Å²) in [6.07, 6.45) is 9.31. The van der Waals surface area contributed by atoms with E-state index in [1.807, 2.05) is 28.0 Å². The van der Waals surface area contributed by atoms with Crippen LogP contribution in [0.5, 0.6) is 5.75 Å². The highest BCUT2D eigenvalue weighted by Crippen LogP contribution is 2.58. The zero-order valence-corrected chi connectivity index (χ0v) is 29.4. The van der Waals surface area contributed by atoms with E-state index in [1.165, 1.54) is 0 Å². The van der Waals surface area contributed by atoms with Crippen LogP contribution in [0.15, 0.2) is 36.8 Å². The standard InChI is InChI=1S/C38H42F3N7O5/c1-36(40,41)31-28(32(49)46-38(33(50)51)23-11-21-10-22(13-23)14-24(38)12-21)18-44-35(45-31)48-20-37(5-8-52-9-6-37)29-15-26(2-3-30(29)48)53-27-4-7-47(19-27)34-42-16-25(39)17-43-34/h2-3,15-18,21-24,27H,4-14,19-20H2,1H3,(H,46,49)(H,50,51)/t21?,22?,23?,24?,27-,38?/m1/s1. The molecule has 15 heteroatoms. The molecule has 2 N–H and O–H groups in total. The number of carboxylic acids is 1. The molecule has 53 heavy (non-hydrogen) atoms. The SMILES string of the molecule is CC(F)(F)c1nc(N2CC3(CCOCC3)c3cc(O[C@@H]4CCN(c5ncc(F)cn5)C4)ccc32)ncc1C(=O)NC1(C(=O)O)C2CC3CC(C2)CC1C3. The minimum absolute atomic E-state index is 0.0321. The van der Waals surface area contributed by atoms with Gasteiger partial charge in [0.05, 0.1) is 24.5 Å². The van der Waals surface area contributed by atoms with Crippen LogP contribution in [0.1, 0.15) is 79.9 Å². The van der Waals surface area contributed by atoms with Crippen molar-refractivity contribution in [3.05, 3.63) is 59.4 Å². The lowest BCUT2D eigenvalue weighted by molar-refractivity contribution is -0.163. The van der Waals surface area contributed by atoms with Crippen LogP contribution in [0, 0.1) is 29.5 Å². The Labute approximate surface area is 304 Å². The summed E-state index contributed by atoms with van der Waals surface area (Å²) in [5.74, 6) is -4.46. The van der Waals surface area contributed by atoms with Crippen LogP contribution in [0.25, 0.3) is 0 Å². The van der Waals surface area contributed by atoms with Gasteiger partial charge < -0.3 is 29.7 Å². The molecule has 1 spiro atoms. The summed E-state index contributed by atoms with van der Waals surface area (Å²) in [5.41, 5.74) is -1.30. The van der Waals surface area contributed by atoms with Gasteiger partial charge in [-0.25, -0.2) is 29.1 Å². The molecule has 3 aromatic rings. The van der Waals surface area contributed by atoms with Gasteiger partial charge in [0.1, 0.15) is 23.1 Å². The fourth-order valence-electron chi connectivity index (χ4n) is 10.5. The van der Waals surface area contributed by atoms with Gasteiger partial charge in [0, 0.05) is 56.9 Å². The Balaban J connectivity index is 1.00. The zero-order valence-electron chi connectivity index (χ0n) is 29.4. The summed E-state index contributed by atoms with van der Waals surface area (Å²) in [6, 6.07) is 5.74. The zero-order chi connectivity index (χ0) is 36.7. The number of nitrogens with one attached hydrogen (secondary N) is 1. The number of benzene rings is 1. The van der Waals surface area contributed by atoms with Crippen LogP contribution in [0.3, 0.4) is 0 Å². The lowest BCUT2D eigenvalue weighted by Gasteiger charge is -2.59. The van der Waals surface area contributed by atoms with E-state index in [-0.39, 0.29) is 29.3 Å². The predicted molar refractivity (Wildman–Crippen MR) is 185 cm³/mol. The lowest BCUT2D eigenvalue weighted by atomic mass is 9.48. The topological polar surface area (TPSA) is 143 Å². The van der Waals surface area contributed by atoms with E-state index < -0.39 is 40.4 Å². The molecule has 0 unspecified atom stereocenters. The Morgan fingerprint density at radius 1 is 1.00 bits per heavy atom. The van der Waals surface area contributed by atoms with E-state index in [4.69, 9.17) is 9.47 Å². The first-order valence-corrected chi connectivity index (χ1v) is 18.6. The van der Waals surface area contributed by atoms with Crippen molar-refractivity contribution < 1.29 is 37.3 Å². The number of carbonyl (C=O) groups is 2. The Hall–Kier alpha value is -4.53. The number of hydrogen-bond donors (Lipinski definition) is 2. The van der Waals surface area contributed by atoms with Gasteiger partial charge in [-0.1, -0.05) is 0 Å². The number of ether oxygens (including phenoxy) is 2. The maximum atomic E-state index is 15.4. The van der Waals surface area contributed by atoms with Crippen molar-refractivity contribution in [3.63, 3.8) is 0 Å². The number of carboxylic acid groups (broad SMARTS) is 1. The highest BCUT2D eigenvalue weighted by atomic mass is 19.3. The monoisotopic (exact) mass is 733 g/mol. The average molecular weight is 734 g/mol. The number of aliphatic carboxylic acids is 1. The molecule has 280 valence electrons. The summed E-state index contributed by atoms with van der Waals surface area (Å²) in [4.78, 5) is 47.7. The molecule has 12 nitrogen and oxygen atoms in total. The second kappa shape index (κ2) is 12.5. The van der Waals surface area contributed by atoms with Gasteiger partial charge >= 0.3 is 5.97 Å². The molecule has 1 atom stereocenters. The Kier molecular flexibility index (Phi) is 8.09. The minimum Gasteiger partial charge on any atom is -0.489 e. The number of anilines is 3. The van der Waals surface area contributed by atoms with Crippen molar-refractivity contribution in [2.24, 2.45) is 23.7 Å². The number of amides is 1. The van der Waals surface area contributed by atoms with E-state index in [2.05, 4.69) is 25.3 Å². The predicted octanol–water partition coefficient (Wildman–Crippen LogP) is 5.38. The molecule has 1 amide bonds. The summed E-state index contributed by atoms with van der Waals surface area (Å²) in [5, 5.41) is 13.3. The normalized spacial score (nSPS) is 29.8. The molecule has 4 aliphatic carbocycles. The molecule has 1 aromatic carbocycles. The number of fused-ring (bicyclic) bond motifs is 2. The number of hydrogen-bond acceptors (Lipinski definition) is 10. The summed E-state index contributed by atoms with van der Waals surface area (Å²) < 4.78 is 56.4. The van der Waals surface area contributed by atoms with Gasteiger partial charge in [0.15, 0.2) is 5.82 Å². The molecule has 3 aliphatic heterocycles. The first-order chi connectivity index (χ1) is 25.4. The van der Waals surface area contributed by atoms with Crippen LogP contribution < -0.4 is 19.9 Å². The molecular weight excluding hydrogens is 691 g/mol. The average Bonchev–Trinajstić information content (AvgIpc) is 3.72. The van der Waals surface area contributed by atoms with Crippen molar-refractivity contribution in [1.82, 2.24) is 25.3 Å². The number of aromatic nitrogens is 4. The molecule has 5 heterocycles. The van der Waals surface area contributed by atoms with E-state index in [0.717, 1.165) is 42.7 Å². The first kappa shape index (κ1) is 34.3. The van der Waals surface area contributed by atoms with Crippen LogP contribution in [-0.4, -0.2) is 81.4 Å². The third-order valence-electron chi connectivity index (χ3n) is 12.9. The van der Waals surface area contributed by atoms with E-state index in [1.54, 1.807) is 0 Å². The highest BCUT2D eigenvalue weighted by molar-refractivity contribution is 5.99. The van der Waals surface area contributed by atoms with Gasteiger partial charge in [-0.05, 0) is 92.4 Å². The van der Waals surface area contributed by atoms with Crippen molar-refractivity contribution in [2.45, 2.75) is 81.3 Å². The van der Waals surface area contributed by atoms with Crippen molar-refractivity contribution in [2.75, 3.05) is 42.6 Å². The Bertz CT molecular complexity index is 1910. The third-order valence-corrected chi connectivity index (χ3v) is 12.9. The van der Waals surface area contributed by atoms with Crippen molar-refractivity contribution in [1.29, 1.82) is 0 Å². The third kappa shape index (κ3) is 5.77. The smallest absolute Gasteiger partial charge is 0.330 e. The van der Waals surface area contributed by atoms with E-state index in [0.29, 0.717) is 102 Å². The highest BCUT2D eigenvalue weighted by Gasteiger charge is 2.62. The minimum atomic E-state index is -3.52. The van der Waals surface area contributed by atoms with Gasteiger partial charge in [0.25, 0.3) is 11.8 Å². The number of carbonyl (C=O) groups excluding carboxylic acids is 1. The summed E-state index contributed by atoms with van der Waals surface area (Å²) in [7, 11) is 0. The van der Waals surface area contributed by atoms with Gasteiger partial charge in [-0.3, -0.25) is 4.79 Å². The summed E-state index contributed by atoms with van der Waals surface area (Å²) >= 11 is 0. The molecular formula is C38H42F3N7O5. The number of rotatable bonds is 8. The molecule has 4 bridgehead atoms. The quantitative estimate of drug-likeness (QED) is 0.308. The maximum absolute atomic E-state index is 15.4. The fourth-order valence-corrected chi connectivity index (χ4v) is 10.5. The number of halogens is 3. The Morgan fingerprint density at radius 3 is 2.34 bits per heavy atom. The summed E-state index contributed by atoms with van der Waals surface area (Å²) in [6.45, 7) is 3.36. The maximum Gasteiger partial charge on any atom is 0.330 e. The molecule has 6 fully saturated rings. The molecule has 10 rings (SSSR count). The largest absolute Gasteiger partial charge is 0.489 e. The molecule has 2 saturated heterocycles. The fraction of sp³-hybridized carbons (Fsp3) is 0.579. The van der Waals surface area contributed by atoms with Gasteiger partial charge in [0.2, 0.25) is 11.9 Å². The van der Waals surface area contributed by atoms with Crippen LogP contribution >= 0.6 is 0 Å². The van der Waals surface area contributed by atoms with E-state index >= 15 is 8.78 Å². The van der Waals surface area contributed by atoms with Crippen LogP contribution in [0.4, 0.5) is 30.8 Å². The molecule has 0 radical (unpaired) electrons. The number of alkyl halides is 2. The first-order valence-electron chi connectivity index (χ1n) is 18.6. The van der Waals surface area contributed by atoms with Gasteiger partial charge in [-0.2, -0.15) is 8.78 Å². The molecule has 7 aliphatic rings. The van der Waals surface area contributed by atoms with E-state index in [9.17, 15) is 19.1 Å². The van der Waals surface area contributed by atoms with Gasteiger partial charge in [-0.15, -0.1) is 0 Å². The second-order valence-electron chi connectivity index (χ2n) is 16.1. The van der Waals surface area contributed by atoms with Crippen LogP contribution in [-0.2, 0) is 20.9 Å².